The van der Waals surface area contributed by atoms with Crippen molar-refractivity contribution in [3.05, 3.63) is 35.4 Å². The lowest BCUT2D eigenvalue weighted by atomic mass is 9.95. The van der Waals surface area contributed by atoms with Crippen molar-refractivity contribution in [2.24, 2.45) is 0 Å². The zero-order chi connectivity index (χ0) is 12.5. The number of benzene rings is 1. The normalized spacial score (nSPS) is 23.9. The summed E-state index contributed by atoms with van der Waals surface area (Å²) in [5.41, 5.74) is 2.07. The number of hydrogen-bond donors (Lipinski definition) is 0. The quantitative estimate of drug-likeness (QED) is 0.749. The third-order valence-corrected chi connectivity index (χ3v) is 3.25. The molecule has 1 heterocycles. The second-order valence-corrected chi connectivity index (χ2v) is 4.99. The van der Waals surface area contributed by atoms with E-state index in [4.69, 9.17) is 4.74 Å². The maximum atomic E-state index is 13.3. The Balaban J connectivity index is 2.12. The molecule has 0 aliphatic carbocycles. The molecule has 0 bridgehead atoms. The highest BCUT2D eigenvalue weighted by Gasteiger charge is 2.37. The Kier molecular flexibility index (Phi) is 3.48. The number of halogens is 2. The fraction of sp³-hybridized carbons (Fsp3) is 0.571. The molecule has 1 fully saturated rings. The lowest BCUT2D eigenvalue weighted by Gasteiger charge is -2.29. The molecule has 2 rings (SSSR count). The summed E-state index contributed by atoms with van der Waals surface area (Å²) in [5, 5.41) is 0. The maximum Gasteiger partial charge on any atom is 0.253 e. The molecule has 3 heteroatoms. The van der Waals surface area contributed by atoms with Crippen LogP contribution in [-0.4, -0.2) is 12.5 Å². The van der Waals surface area contributed by atoms with E-state index < -0.39 is 12.0 Å². The largest absolute Gasteiger partial charge is 0.373 e. The summed E-state index contributed by atoms with van der Waals surface area (Å²) in [6.07, 6.45) is -0.818. The molecule has 0 aromatic heterocycles. The van der Waals surface area contributed by atoms with Crippen LogP contribution < -0.4 is 0 Å². The third-order valence-electron chi connectivity index (χ3n) is 3.25. The average molecular weight is 240 g/mol. The van der Waals surface area contributed by atoms with Crippen LogP contribution in [0.1, 0.15) is 49.8 Å². The summed E-state index contributed by atoms with van der Waals surface area (Å²) in [5.74, 6) is -2.13. The van der Waals surface area contributed by atoms with Gasteiger partial charge in [0, 0.05) is 12.8 Å². The third kappa shape index (κ3) is 3.03. The van der Waals surface area contributed by atoms with Crippen LogP contribution in [-0.2, 0) is 4.74 Å². The number of rotatable bonds is 2. The second-order valence-electron chi connectivity index (χ2n) is 4.99. The monoisotopic (exact) mass is 240 g/mol. The molecule has 0 spiro atoms. The van der Waals surface area contributed by atoms with Gasteiger partial charge in [0.25, 0.3) is 5.92 Å². The van der Waals surface area contributed by atoms with Gasteiger partial charge in [0.1, 0.15) is 0 Å². The van der Waals surface area contributed by atoms with Gasteiger partial charge in [0.15, 0.2) is 0 Å². The Labute approximate surface area is 101 Å². The molecule has 0 radical (unpaired) electrons. The molecule has 0 amide bonds. The molecule has 1 aliphatic heterocycles. The van der Waals surface area contributed by atoms with Gasteiger partial charge >= 0.3 is 0 Å². The van der Waals surface area contributed by atoms with Gasteiger partial charge in [-0.1, -0.05) is 38.1 Å². The van der Waals surface area contributed by atoms with E-state index in [0.717, 1.165) is 5.56 Å². The standard InChI is InChI=1S/C14H18F2O/c1-10(2)11-3-5-12(6-4-11)13-9-14(15,16)7-8-17-13/h3-6,10,13H,7-9H2,1-2H3. The van der Waals surface area contributed by atoms with E-state index in [1.807, 2.05) is 24.3 Å². The van der Waals surface area contributed by atoms with E-state index in [2.05, 4.69) is 13.8 Å². The van der Waals surface area contributed by atoms with Gasteiger partial charge in [0.2, 0.25) is 0 Å². The molecule has 1 aromatic rings. The Morgan fingerprint density at radius 3 is 2.41 bits per heavy atom. The van der Waals surface area contributed by atoms with Crippen LogP contribution in [0, 0.1) is 0 Å². The van der Waals surface area contributed by atoms with Gasteiger partial charge in [-0.3, -0.25) is 0 Å². The minimum atomic E-state index is -2.58. The van der Waals surface area contributed by atoms with Crippen molar-refractivity contribution >= 4 is 0 Å². The van der Waals surface area contributed by atoms with Crippen LogP contribution in [0.15, 0.2) is 24.3 Å². The number of ether oxygens (including phenoxy) is 1. The molecular weight excluding hydrogens is 222 g/mol. The predicted molar refractivity (Wildman–Crippen MR) is 63.4 cm³/mol. The highest BCUT2D eigenvalue weighted by Crippen LogP contribution is 2.37. The van der Waals surface area contributed by atoms with Gasteiger partial charge in [-0.25, -0.2) is 8.78 Å². The van der Waals surface area contributed by atoms with E-state index in [9.17, 15) is 8.78 Å². The Bertz CT molecular complexity index is 370. The first-order valence-corrected chi connectivity index (χ1v) is 6.07. The SMILES string of the molecule is CC(C)c1ccc(C2CC(F)(F)CCO2)cc1. The lowest BCUT2D eigenvalue weighted by molar-refractivity contribution is -0.129. The summed E-state index contributed by atoms with van der Waals surface area (Å²) < 4.78 is 32.0. The van der Waals surface area contributed by atoms with Gasteiger partial charge in [-0.2, -0.15) is 0 Å². The fourth-order valence-electron chi connectivity index (χ4n) is 2.09. The molecule has 1 nitrogen and oxygen atoms in total. The average Bonchev–Trinajstić information content (AvgIpc) is 2.28. The van der Waals surface area contributed by atoms with E-state index in [1.165, 1.54) is 5.56 Å². The summed E-state index contributed by atoms with van der Waals surface area (Å²) in [6, 6.07) is 7.80. The molecule has 1 atom stereocenters. The molecule has 1 aliphatic rings. The van der Waals surface area contributed by atoms with Crippen molar-refractivity contribution in [1.29, 1.82) is 0 Å². The molecule has 1 unspecified atom stereocenters. The summed E-state index contributed by atoms with van der Waals surface area (Å²) in [6.45, 7) is 4.37. The highest BCUT2D eigenvalue weighted by atomic mass is 19.3. The molecule has 17 heavy (non-hydrogen) atoms. The molecule has 1 saturated heterocycles. The van der Waals surface area contributed by atoms with Gasteiger partial charge < -0.3 is 4.74 Å². The number of hydrogen-bond acceptors (Lipinski definition) is 1. The van der Waals surface area contributed by atoms with E-state index in [-0.39, 0.29) is 19.4 Å². The van der Waals surface area contributed by atoms with Gasteiger partial charge in [0.05, 0.1) is 12.7 Å². The zero-order valence-corrected chi connectivity index (χ0v) is 10.2. The van der Waals surface area contributed by atoms with Crippen LogP contribution in [0.4, 0.5) is 8.78 Å². The topological polar surface area (TPSA) is 9.23 Å². The van der Waals surface area contributed by atoms with Gasteiger partial charge in [-0.15, -0.1) is 0 Å². The minimum absolute atomic E-state index is 0.142. The van der Waals surface area contributed by atoms with Crippen molar-refractivity contribution in [2.45, 2.75) is 44.6 Å². The first-order valence-electron chi connectivity index (χ1n) is 6.07. The van der Waals surface area contributed by atoms with E-state index >= 15 is 0 Å². The molecule has 94 valence electrons. The van der Waals surface area contributed by atoms with Crippen LogP contribution in [0.2, 0.25) is 0 Å². The van der Waals surface area contributed by atoms with Crippen LogP contribution >= 0.6 is 0 Å². The summed E-state index contributed by atoms with van der Waals surface area (Å²) in [7, 11) is 0. The highest BCUT2D eigenvalue weighted by molar-refractivity contribution is 5.26. The first kappa shape index (κ1) is 12.5. The molecule has 1 aromatic carbocycles. The van der Waals surface area contributed by atoms with Crippen molar-refractivity contribution in [1.82, 2.24) is 0 Å². The van der Waals surface area contributed by atoms with E-state index in [0.29, 0.717) is 5.92 Å². The maximum absolute atomic E-state index is 13.3. The Hall–Kier alpha value is -0.960. The lowest BCUT2D eigenvalue weighted by Crippen LogP contribution is -2.29. The molecule has 0 N–H and O–H groups in total. The summed E-state index contributed by atoms with van der Waals surface area (Å²) in [4.78, 5) is 0. The van der Waals surface area contributed by atoms with E-state index in [1.54, 1.807) is 0 Å². The first-order chi connectivity index (χ1) is 7.98. The van der Waals surface area contributed by atoms with Crippen LogP contribution in [0.3, 0.4) is 0 Å². The van der Waals surface area contributed by atoms with Crippen LogP contribution in [0.5, 0.6) is 0 Å². The zero-order valence-electron chi connectivity index (χ0n) is 10.2. The van der Waals surface area contributed by atoms with Crippen molar-refractivity contribution < 1.29 is 13.5 Å². The van der Waals surface area contributed by atoms with Crippen molar-refractivity contribution in [3.63, 3.8) is 0 Å². The fourth-order valence-corrected chi connectivity index (χ4v) is 2.09. The minimum Gasteiger partial charge on any atom is -0.373 e. The summed E-state index contributed by atoms with van der Waals surface area (Å²) >= 11 is 0. The second kappa shape index (κ2) is 4.73. The Morgan fingerprint density at radius 1 is 1.24 bits per heavy atom. The molecule has 0 saturated carbocycles. The van der Waals surface area contributed by atoms with Crippen molar-refractivity contribution in [2.75, 3.05) is 6.61 Å². The van der Waals surface area contributed by atoms with Crippen LogP contribution in [0.25, 0.3) is 0 Å². The predicted octanol–water partition coefficient (Wildman–Crippen LogP) is 4.30. The number of alkyl halides is 2. The Morgan fingerprint density at radius 2 is 1.88 bits per heavy atom. The van der Waals surface area contributed by atoms with Gasteiger partial charge in [-0.05, 0) is 17.0 Å². The molecular formula is C14H18F2O. The van der Waals surface area contributed by atoms with Crippen molar-refractivity contribution in [3.8, 4) is 0 Å². The smallest absolute Gasteiger partial charge is 0.253 e.